The second kappa shape index (κ2) is 6.92. The Kier molecular flexibility index (Phi) is 6.63. The first-order valence-electron chi connectivity index (χ1n) is 3.82. The van der Waals surface area contributed by atoms with E-state index in [1.54, 1.807) is 6.08 Å². The van der Waals surface area contributed by atoms with Crippen LogP contribution in [0.1, 0.15) is 13.3 Å². The summed E-state index contributed by atoms with van der Waals surface area (Å²) in [7, 11) is 0. The fourth-order valence-electron chi connectivity index (χ4n) is 0.697. The molecular formula is C8H12Cl2N2O. The Morgan fingerprint density at radius 2 is 2.31 bits per heavy atom. The Morgan fingerprint density at radius 1 is 1.69 bits per heavy atom. The number of amides is 1. The predicted octanol–water partition coefficient (Wildman–Crippen LogP) is 1.90. The van der Waals surface area contributed by atoms with E-state index >= 15 is 0 Å². The Labute approximate surface area is 87.8 Å². The van der Waals surface area contributed by atoms with E-state index in [1.165, 1.54) is 6.20 Å². The molecule has 0 aliphatic heterocycles. The van der Waals surface area contributed by atoms with Crippen molar-refractivity contribution in [2.24, 2.45) is 4.99 Å². The molecule has 0 aromatic rings. The van der Waals surface area contributed by atoms with Gasteiger partial charge in [0, 0.05) is 12.2 Å². The van der Waals surface area contributed by atoms with E-state index in [0.29, 0.717) is 0 Å². The number of rotatable bonds is 5. The number of hydrogen-bond acceptors (Lipinski definition) is 2. The molecule has 1 N–H and O–H groups in total. The first-order valence-corrected chi connectivity index (χ1v) is 4.70. The van der Waals surface area contributed by atoms with Crippen molar-refractivity contribution >= 4 is 35.8 Å². The Bertz CT molecular complexity index is 204. The fraction of sp³-hybridized carbons (Fsp3) is 0.500. The van der Waals surface area contributed by atoms with Crippen molar-refractivity contribution in [3.63, 3.8) is 0 Å². The molecule has 0 radical (unpaired) electrons. The van der Waals surface area contributed by atoms with Crippen LogP contribution in [0.4, 0.5) is 0 Å². The molecule has 0 spiro atoms. The van der Waals surface area contributed by atoms with Crippen molar-refractivity contribution in [3.8, 4) is 0 Å². The van der Waals surface area contributed by atoms with Gasteiger partial charge in [-0.25, -0.2) is 0 Å². The maximum Gasteiger partial charge on any atom is 0.253 e. The van der Waals surface area contributed by atoms with Gasteiger partial charge in [0.1, 0.15) is 0 Å². The minimum Gasteiger partial charge on any atom is -0.347 e. The molecule has 0 rings (SSSR count). The number of aliphatic imine (C=N–C) groups is 1. The number of hydrogen-bond donors (Lipinski definition) is 1. The maximum absolute atomic E-state index is 11.0. The highest BCUT2D eigenvalue weighted by Crippen LogP contribution is 2.03. The van der Waals surface area contributed by atoms with Crippen LogP contribution in [0, 0.1) is 0 Å². The molecule has 0 unspecified atom stereocenters. The van der Waals surface area contributed by atoms with E-state index in [2.05, 4.69) is 17.0 Å². The van der Waals surface area contributed by atoms with Crippen LogP contribution < -0.4 is 5.32 Å². The predicted molar refractivity (Wildman–Crippen MR) is 56.4 cm³/mol. The lowest BCUT2D eigenvalue weighted by Gasteiger charge is -2.12. The molecule has 0 aromatic heterocycles. The monoisotopic (exact) mass is 222 g/mol. The minimum absolute atomic E-state index is 0.0991. The molecule has 0 aliphatic rings. The average Bonchev–Trinajstić information content (AvgIpc) is 2.11. The number of carbonyl (C=O) groups is 1. The van der Waals surface area contributed by atoms with Gasteiger partial charge in [0.25, 0.3) is 5.91 Å². The first kappa shape index (κ1) is 12.5. The molecule has 0 fully saturated rings. The number of nitrogens with zero attached hydrogens (tertiary/aromatic N) is 1. The third kappa shape index (κ3) is 5.66. The van der Waals surface area contributed by atoms with Crippen molar-refractivity contribution in [1.29, 1.82) is 0 Å². The van der Waals surface area contributed by atoms with Crippen LogP contribution in [0.2, 0.25) is 0 Å². The van der Waals surface area contributed by atoms with Gasteiger partial charge < -0.3 is 5.32 Å². The van der Waals surface area contributed by atoms with E-state index in [-0.39, 0.29) is 6.04 Å². The molecule has 3 nitrogen and oxygen atoms in total. The molecule has 0 heterocycles. The molecule has 0 saturated carbocycles. The second-order valence-corrected chi connectivity index (χ2v) is 3.44. The summed E-state index contributed by atoms with van der Waals surface area (Å²) >= 11 is 10.7. The zero-order valence-corrected chi connectivity index (χ0v) is 8.85. The van der Waals surface area contributed by atoms with Gasteiger partial charge >= 0.3 is 0 Å². The highest BCUT2D eigenvalue weighted by Gasteiger charge is 2.13. The zero-order valence-electron chi connectivity index (χ0n) is 7.34. The van der Waals surface area contributed by atoms with Crippen molar-refractivity contribution in [3.05, 3.63) is 12.3 Å². The third-order valence-electron chi connectivity index (χ3n) is 1.39. The summed E-state index contributed by atoms with van der Waals surface area (Å²) in [6, 6.07) is -0.0991. The van der Waals surface area contributed by atoms with Crippen molar-refractivity contribution < 1.29 is 4.79 Å². The highest BCUT2D eigenvalue weighted by atomic mass is 35.5. The summed E-state index contributed by atoms with van der Waals surface area (Å²) < 4.78 is 0. The summed E-state index contributed by atoms with van der Waals surface area (Å²) in [5, 5.41) is 2.62. The number of carbonyl (C=O) groups excluding carboxylic acids is 1. The van der Waals surface area contributed by atoms with E-state index in [9.17, 15) is 4.79 Å². The Morgan fingerprint density at radius 3 is 2.69 bits per heavy atom. The fourth-order valence-corrected chi connectivity index (χ4v) is 0.823. The largest absolute Gasteiger partial charge is 0.347 e. The van der Waals surface area contributed by atoms with Gasteiger partial charge in [-0.2, -0.15) is 0 Å². The smallest absolute Gasteiger partial charge is 0.253 e. The van der Waals surface area contributed by atoms with E-state index in [0.717, 1.165) is 6.42 Å². The molecule has 1 amide bonds. The van der Waals surface area contributed by atoms with Gasteiger partial charge in [0.2, 0.25) is 0 Å². The van der Waals surface area contributed by atoms with Crippen molar-refractivity contribution in [2.45, 2.75) is 24.2 Å². The Balaban J connectivity index is 4.04. The molecule has 0 bridgehead atoms. The minimum atomic E-state index is -1.03. The van der Waals surface area contributed by atoms with Crippen LogP contribution in [0.5, 0.6) is 0 Å². The lowest BCUT2D eigenvalue weighted by Crippen LogP contribution is -2.36. The lowest BCUT2D eigenvalue weighted by molar-refractivity contribution is -0.119. The molecular weight excluding hydrogens is 211 g/mol. The molecule has 0 aliphatic carbocycles. The van der Waals surface area contributed by atoms with Crippen molar-refractivity contribution in [1.82, 2.24) is 5.32 Å². The summed E-state index contributed by atoms with van der Waals surface area (Å²) in [5.74, 6) is -0.399. The summed E-state index contributed by atoms with van der Waals surface area (Å²) in [5.41, 5.74) is 0. The number of nitrogens with one attached hydrogen (secondary N) is 1. The molecule has 0 aromatic carbocycles. The zero-order chi connectivity index (χ0) is 10.3. The van der Waals surface area contributed by atoms with E-state index < -0.39 is 10.7 Å². The molecule has 0 saturated heterocycles. The molecule has 1 atom stereocenters. The highest BCUT2D eigenvalue weighted by molar-refractivity contribution is 6.53. The average molecular weight is 223 g/mol. The third-order valence-corrected chi connectivity index (χ3v) is 1.79. The topological polar surface area (TPSA) is 41.5 Å². The Hall–Kier alpha value is -0.540. The number of halogens is 2. The van der Waals surface area contributed by atoms with Gasteiger partial charge in [0.05, 0.1) is 0 Å². The van der Waals surface area contributed by atoms with Gasteiger partial charge in [-0.05, 0) is 19.2 Å². The van der Waals surface area contributed by atoms with Crippen LogP contribution in [-0.4, -0.2) is 23.5 Å². The van der Waals surface area contributed by atoms with Gasteiger partial charge in [-0.1, -0.05) is 30.1 Å². The molecule has 13 heavy (non-hydrogen) atoms. The summed E-state index contributed by atoms with van der Waals surface area (Å²) in [6.07, 6.45) is 3.99. The first-order chi connectivity index (χ1) is 6.11. The summed E-state index contributed by atoms with van der Waals surface area (Å²) in [6.45, 7) is 5.21. The maximum atomic E-state index is 11.0. The quantitative estimate of drug-likeness (QED) is 0.561. The SMILES string of the molecule is C=N/C=C\[C@@H](CC)NC(=O)C(Cl)Cl. The van der Waals surface area contributed by atoms with Crippen LogP contribution in [0.15, 0.2) is 17.3 Å². The van der Waals surface area contributed by atoms with Crippen LogP contribution in [-0.2, 0) is 4.79 Å². The van der Waals surface area contributed by atoms with Gasteiger partial charge in [-0.15, -0.1) is 0 Å². The van der Waals surface area contributed by atoms with Crippen LogP contribution in [0.25, 0.3) is 0 Å². The van der Waals surface area contributed by atoms with Crippen LogP contribution in [0.3, 0.4) is 0 Å². The second-order valence-electron chi connectivity index (χ2n) is 2.35. The van der Waals surface area contributed by atoms with E-state index in [1.807, 2.05) is 6.92 Å². The number of alkyl halides is 2. The van der Waals surface area contributed by atoms with Gasteiger partial charge in [-0.3, -0.25) is 9.79 Å². The normalized spacial score (nSPS) is 13.2. The van der Waals surface area contributed by atoms with Crippen LogP contribution >= 0.6 is 23.2 Å². The standard InChI is InChI=1S/C8H12Cl2N2O/c1-3-6(4-5-11-2)12-8(13)7(9)10/h4-7H,2-3H2,1H3,(H,12,13)/b5-4-/t6-/m1/s1. The summed E-state index contributed by atoms with van der Waals surface area (Å²) in [4.78, 5) is 13.5. The molecule has 74 valence electrons. The molecule has 5 heteroatoms. The lowest BCUT2D eigenvalue weighted by atomic mass is 10.2. The van der Waals surface area contributed by atoms with E-state index in [4.69, 9.17) is 23.2 Å². The van der Waals surface area contributed by atoms with Gasteiger partial charge in [0.15, 0.2) is 4.84 Å². The van der Waals surface area contributed by atoms with Crippen molar-refractivity contribution in [2.75, 3.05) is 0 Å².